The molecule has 0 unspecified atom stereocenters. The number of piperazine rings is 1. The molecule has 3 aliphatic rings. The fraction of sp³-hybridized carbons (Fsp3) is 0.611. The van der Waals surface area contributed by atoms with E-state index in [-0.39, 0.29) is 23.7 Å². The third kappa shape index (κ3) is 2.54. The molecule has 0 aromatic carbocycles. The number of carboxylic acid groups (broad SMARTS) is 1. The number of carbonyl (C=O) groups excluding carboxylic acids is 1. The number of nitrogens with zero attached hydrogens (tertiary/aromatic N) is 3. The molecule has 1 amide bonds. The highest BCUT2D eigenvalue weighted by molar-refractivity contribution is 5.86. The van der Waals surface area contributed by atoms with Crippen LogP contribution in [0.3, 0.4) is 0 Å². The van der Waals surface area contributed by atoms with Crippen LogP contribution in [0, 0.1) is 23.7 Å². The third-order valence-electron chi connectivity index (χ3n) is 6.05. The first-order chi connectivity index (χ1) is 11.6. The number of aliphatic carboxylic acids is 1. The summed E-state index contributed by atoms with van der Waals surface area (Å²) in [4.78, 5) is 33.0. The summed E-state index contributed by atoms with van der Waals surface area (Å²) >= 11 is 0. The smallest absolute Gasteiger partial charge is 0.307 e. The topological polar surface area (TPSA) is 73.7 Å². The molecule has 1 N–H and O–H groups in total. The van der Waals surface area contributed by atoms with Gasteiger partial charge in [-0.05, 0) is 43.2 Å². The van der Waals surface area contributed by atoms with E-state index < -0.39 is 11.9 Å². The normalized spacial score (nSPS) is 32.2. The van der Waals surface area contributed by atoms with E-state index in [9.17, 15) is 14.7 Å². The molecule has 1 aromatic rings. The second kappa shape index (κ2) is 6.07. The van der Waals surface area contributed by atoms with E-state index in [2.05, 4.69) is 9.88 Å². The van der Waals surface area contributed by atoms with E-state index >= 15 is 0 Å². The van der Waals surface area contributed by atoms with Gasteiger partial charge < -0.3 is 14.9 Å². The minimum Gasteiger partial charge on any atom is -0.481 e. The Bertz CT molecular complexity index is 628. The van der Waals surface area contributed by atoms with Crippen LogP contribution in [0.25, 0.3) is 0 Å². The summed E-state index contributed by atoms with van der Waals surface area (Å²) in [5, 5.41) is 9.56. The molecule has 2 bridgehead atoms. The zero-order valence-corrected chi connectivity index (χ0v) is 13.7. The number of hydrogen-bond acceptors (Lipinski definition) is 4. The van der Waals surface area contributed by atoms with Crippen LogP contribution >= 0.6 is 0 Å². The Kier molecular flexibility index (Phi) is 3.90. The fourth-order valence-corrected chi connectivity index (χ4v) is 4.91. The van der Waals surface area contributed by atoms with Gasteiger partial charge in [0.2, 0.25) is 5.91 Å². The standard InChI is InChI=1S/C18H23N3O3/c22-17(15-12-4-5-13(11-12)16(15)18(23)24)21-9-7-20(8-10-21)14-3-1-2-6-19-14/h1-3,6,12-13,15-16H,4-5,7-11H2,(H,23,24)/t12-,13+,15-,16+/m1/s1. The molecular weight excluding hydrogens is 306 g/mol. The number of pyridine rings is 1. The van der Waals surface area contributed by atoms with Crippen molar-refractivity contribution in [2.45, 2.75) is 19.3 Å². The Morgan fingerprint density at radius 3 is 2.38 bits per heavy atom. The summed E-state index contributed by atoms with van der Waals surface area (Å²) in [5.74, 6) is -0.0720. The molecule has 128 valence electrons. The SMILES string of the molecule is O=C(O)[C@H]1[C@H]2CC[C@H](C2)[C@H]1C(=O)N1CCN(c2ccccn2)CC1. The molecule has 2 heterocycles. The number of aromatic nitrogens is 1. The van der Waals surface area contributed by atoms with Crippen molar-refractivity contribution in [1.29, 1.82) is 0 Å². The summed E-state index contributed by atoms with van der Waals surface area (Å²) in [6.07, 6.45) is 4.68. The molecule has 1 saturated heterocycles. The van der Waals surface area contributed by atoms with Gasteiger partial charge in [-0.1, -0.05) is 6.07 Å². The minimum atomic E-state index is -0.785. The lowest BCUT2D eigenvalue weighted by molar-refractivity contribution is -0.153. The zero-order valence-electron chi connectivity index (χ0n) is 13.7. The Hall–Kier alpha value is -2.11. The number of fused-ring (bicyclic) bond motifs is 2. The summed E-state index contributed by atoms with van der Waals surface area (Å²) < 4.78 is 0. The lowest BCUT2D eigenvalue weighted by Crippen LogP contribution is -2.52. The predicted octanol–water partition coefficient (Wildman–Crippen LogP) is 1.48. The summed E-state index contributed by atoms with van der Waals surface area (Å²) in [5.41, 5.74) is 0. The van der Waals surface area contributed by atoms with Crippen molar-refractivity contribution in [2.24, 2.45) is 23.7 Å². The Labute approximate surface area is 141 Å². The van der Waals surface area contributed by atoms with E-state index in [1.807, 2.05) is 23.1 Å². The number of carbonyl (C=O) groups is 2. The van der Waals surface area contributed by atoms with Gasteiger partial charge in [0.1, 0.15) is 5.82 Å². The van der Waals surface area contributed by atoms with Crippen LogP contribution < -0.4 is 4.90 Å². The predicted molar refractivity (Wildman–Crippen MR) is 88.5 cm³/mol. The van der Waals surface area contributed by atoms with Gasteiger partial charge in [0.15, 0.2) is 0 Å². The van der Waals surface area contributed by atoms with E-state index in [1.165, 1.54) is 0 Å². The minimum absolute atomic E-state index is 0.0651. The number of anilines is 1. The molecule has 1 aliphatic heterocycles. The van der Waals surface area contributed by atoms with E-state index in [1.54, 1.807) is 6.20 Å². The largest absolute Gasteiger partial charge is 0.481 e. The maximum Gasteiger partial charge on any atom is 0.307 e. The van der Waals surface area contributed by atoms with E-state index in [4.69, 9.17) is 0 Å². The Morgan fingerprint density at radius 2 is 1.75 bits per heavy atom. The number of amides is 1. The quantitative estimate of drug-likeness (QED) is 0.909. The zero-order chi connectivity index (χ0) is 16.7. The molecule has 3 fully saturated rings. The van der Waals surface area contributed by atoms with Crippen LogP contribution in [-0.4, -0.2) is 53.0 Å². The average molecular weight is 329 g/mol. The van der Waals surface area contributed by atoms with Gasteiger partial charge in [0, 0.05) is 32.4 Å². The van der Waals surface area contributed by atoms with E-state index in [0.717, 1.165) is 38.2 Å². The number of rotatable bonds is 3. The maximum absolute atomic E-state index is 13.0. The van der Waals surface area contributed by atoms with Crippen molar-refractivity contribution in [3.63, 3.8) is 0 Å². The van der Waals surface area contributed by atoms with Crippen LogP contribution in [-0.2, 0) is 9.59 Å². The van der Waals surface area contributed by atoms with Crippen molar-refractivity contribution in [3.05, 3.63) is 24.4 Å². The lowest BCUT2D eigenvalue weighted by atomic mass is 9.78. The second-order valence-electron chi connectivity index (χ2n) is 7.22. The number of hydrogen-bond donors (Lipinski definition) is 1. The molecule has 6 heteroatoms. The summed E-state index contributed by atoms with van der Waals surface area (Å²) in [6, 6.07) is 5.84. The van der Waals surface area contributed by atoms with Gasteiger partial charge in [-0.3, -0.25) is 9.59 Å². The van der Waals surface area contributed by atoms with Crippen LogP contribution in [0.5, 0.6) is 0 Å². The highest BCUT2D eigenvalue weighted by atomic mass is 16.4. The highest BCUT2D eigenvalue weighted by Crippen LogP contribution is 2.53. The van der Waals surface area contributed by atoms with Crippen LogP contribution in [0.1, 0.15) is 19.3 Å². The molecule has 1 aromatic heterocycles. The molecule has 4 atom stereocenters. The molecule has 6 nitrogen and oxygen atoms in total. The van der Waals surface area contributed by atoms with Gasteiger partial charge in [-0.15, -0.1) is 0 Å². The van der Waals surface area contributed by atoms with Crippen molar-refractivity contribution in [1.82, 2.24) is 9.88 Å². The Morgan fingerprint density at radius 1 is 1.04 bits per heavy atom. The maximum atomic E-state index is 13.0. The molecule has 2 saturated carbocycles. The average Bonchev–Trinajstić information content (AvgIpc) is 3.23. The van der Waals surface area contributed by atoms with Gasteiger partial charge in [0.05, 0.1) is 11.8 Å². The van der Waals surface area contributed by atoms with Crippen molar-refractivity contribution >= 4 is 17.7 Å². The van der Waals surface area contributed by atoms with Crippen molar-refractivity contribution in [2.75, 3.05) is 31.1 Å². The van der Waals surface area contributed by atoms with Gasteiger partial charge in [-0.2, -0.15) is 0 Å². The highest BCUT2D eigenvalue weighted by Gasteiger charge is 2.54. The van der Waals surface area contributed by atoms with Crippen molar-refractivity contribution < 1.29 is 14.7 Å². The van der Waals surface area contributed by atoms with E-state index in [0.29, 0.717) is 13.1 Å². The second-order valence-corrected chi connectivity index (χ2v) is 7.22. The van der Waals surface area contributed by atoms with Gasteiger partial charge in [-0.25, -0.2) is 4.98 Å². The lowest BCUT2D eigenvalue weighted by Gasteiger charge is -2.38. The first-order valence-corrected chi connectivity index (χ1v) is 8.82. The first-order valence-electron chi connectivity index (χ1n) is 8.82. The van der Waals surface area contributed by atoms with Crippen molar-refractivity contribution in [3.8, 4) is 0 Å². The first kappa shape index (κ1) is 15.4. The third-order valence-corrected chi connectivity index (χ3v) is 6.05. The molecule has 2 aliphatic carbocycles. The van der Waals surface area contributed by atoms with Crippen LogP contribution in [0.4, 0.5) is 5.82 Å². The fourth-order valence-electron chi connectivity index (χ4n) is 4.91. The Balaban J connectivity index is 1.42. The molecular formula is C18H23N3O3. The van der Waals surface area contributed by atoms with Crippen LogP contribution in [0.2, 0.25) is 0 Å². The summed E-state index contributed by atoms with van der Waals surface area (Å²) in [6.45, 7) is 2.80. The molecule has 0 spiro atoms. The summed E-state index contributed by atoms with van der Waals surface area (Å²) in [7, 11) is 0. The molecule has 0 radical (unpaired) electrons. The monoisotopic (exact) mass is 329 g/mol. The number of carboxylic acids is 1. The van der Waals surface area contributed by atoms with Crippen LogP contribution in [0.15, 0.2) is 24.4 Å². The van der Waals surface area contributed by atoms with Gasteiger partial charge in [0.25, 0.3) is 0 Å². The molecule has 24 heavy (non-hydrogen) atoms. The molecule has 4 rings (SSSR count). The van der Waals surface area contributed by atoms with Gasteiger partial charge >= 0.3 is 5.97 Å².